The predicted molar refractivity (Wildman–Crippen MR) is 96.8 cm³/mol. The number of aromatic nitrogens is 2. The van der Waals surface area contributed by atoms with Crippen LogP contribution in [-0.2, 0) is 19.9 Å². The fourth-order valence-corrected chi connectivity index (χ4v) is 2.92. The number of nitrogens with one attached hydrogen (secondary N) is 1. The van der Waals surface area contributed by atoms with E-state index < -0.39 is 0 Å². The molecule has 0 bridgehead atoms. The summed E-state index contributed by atoms with van der Waals surface area (Å²) >= 11 is 0. The van der Waals surface area contributed by atoms with Gasteiger partial charge in [0.05, 0.1) is 5.69 Å². The Morgan fingerprint density at radius 1 is 0.957 bits per heavy atom. The number of aryl methyl sites for hydroxylation is 2. The molecule has 3 rings (SSSR count). The third-order valence-corrected chi connectivity index (χ3v) is 4.41. The summed E-state index contributed by atoms with van der Waals surface area (Å²) in [5.41, 5.74) is 6.02. The highest BCUT2D eigenvalue weighted by atomic mass is 15.1. The fraction of sp³-hybridized carbons (Fsp3) is 0.250. The Labute approximate surface area is 138 Å². The molecule has 0 atom stereocenters. The Hall–Kier alpha value is -2.55. The molecule has 0 saturated heterocycles. The van der Waals surface area contributed by atoms with Crippen LogP contribution in [0.15, 0.2) is 54.6 Å². The van der Waals surface area contributed by atoms with Gasteiger partial charge in [-0.3, -0.25) is 0 Å². The predicted octanol–water partition coefficient (Wildman–Crippen LogP) is 4.22. The number of hydrogen-bond donors (Lipinski definition) is 1. The molecule has 3 heteroatoms. The van der Waals surface area contributed by atoms with Crippen LogP contribution in [-0.4, -0.2) is 16.6 Å². The first-order chi connectivity index (χ1) is 11.2. The minimum absolute atomic E-state index is 0.964. The van der Waals surface area contributed by atoms with Crippen molar-refractivity contribution < 1.29 is 0 Å². The standard InChI is InChI=1S/C20H23N3/c1-15-18(14-13-16-9-5-4-6-10-16)22-20(23(15)3)17-11-7-8-12-19(17)21-2/h4-12,21H,13-14H2,1-3H3. The molecular formula is C20H23N3. The van der Waals surface area contributed by atoms with E-state index in [-0.39, 0.29) is 0 Å². The van der Waals surface area contributed by atoms with Crippen molar-refractivity contribution in [2.45, 2.75) is 19.8 Å². The van der Waals surface area contributed by atoms with Gasteiger partial charge < -0.3 is 9.88 Å². The van der Waals surface area contributed by atoms with Crippen molar-refractivity contribution in [1.29, 1.82) is 0 Å². The highest BCUT2D eigenvalue weighted by Gasteiger charge is 2.14. The summed E-state index contributed by atoms with van der Waals surface area (Å²) in [7, 11) is 4.04. The van der Waals surface area contributed by atoms with Crippen molar-refractivity contribution >= 4 is 5.69 Å². The number of rotatable bonds is 5. The second kappa shape index (κ2) is 6.69. The Balaban J connectivity index is 1.89. The van der Waals surface area contributed by atoms with E-state index >= 15 is 0 Å². The van der Waals surface area contributed by atoms with E-state index in [9.17, 15) is 0 Å². The third-order valence-electron chi connectivity index (χ3n) is 4.41. The first-order valence-electron chi connectivity index (χ1n) is 8.04. The first-order valence-corrected chi connectivity index (χ1v) is 8.04. The molecule has 0 saturated carbocycles. The van der Waals surface area contributed by atoms with Crippen LogP contribution in [0, 0.1) is 6.92 Å². The molecule has 1 aromatic heterocycles. The lowest BCUT2D eigenvalue weighted by Crippen LogP contribution is -1.98. The van der Waals surface area contributed by atoms with Crippen molar-refractivity contribution in [3.63, 3.8) is 0 Å². The average molecular weight is 305 g/mol. The van der Waals surface area contributed by atoms with Crippen LogP contribution in [0.3, 0.4) is 0 Å². The number of anilines is 1. The lowest BCUT2D eigenvalue weighted by molar-refractivity contribution is 0.862. The van der Waals surface area contributed by atoms with Crippen LogP contribution < -0.4 is 5.32 Å². The molecule has 0 aliphatic carbocycles. The summed E-state index contributed by atoms with van der Waals surface area (Å²) in [6, 6.07) is 18.9. The zero-order valence-corrected chi connectivity index (χ0v) is 14.0. The van der Waals surface area contributed by atoms with Crippen molar-refractivity contribution in [3.05, 3.63) is 71.5 Å². The van der Waals surface area contributed by atoms with Gasteiger partial charge in [0.2, 0.25) is 0 Å². The normalized spacial score (nSPS) is 10.7. The maximum absolute atomic E-state index is 4.93. The van der Waals surface area contributed by atoms with Crippen LogP contribution in [0.1, 0.15) is 17.0 Å². The Morgan fingerprint density at radius 2 is 1.65 bits per heavy atom. The third kappa shape index (κ3) is 3.14. The second-order valence-corrected chi connectivity index (χ2v) is 5.81. The Kier molecular flexibility index (Phi) is 4.47. The van der Waals surface area contributed by atoms with Gasteiger partial charge in [-0.05, 0) is 37.5 Å². The second-order valence-electron chi connectivity index (χ2n) is 5.81. The summed E-state index contributed by atoms with van der Waals surface area (Å²) in [5.74, 6) is 1.02. The molecule has 3 nitrogen and oxygen atoms in total. The molecule has 0 radical (unpaired) electrons. The smallest absolute Gasteiger partial charge is 0.142 e. The van der Waals surface area contributed by atoms with Gasteiger partial charge in [0.1, 0.15) is 5.82 Å². The van der Waals surface area contributed by atoms with E-state index in [0.29, 0.717) is 0 Å². The molecule has 0 unspecified atom stereocenters. The van der Waals surface area contributed by atoms with Gasteiger partial charge >= 0.3 is 0 Å². The number of benzene rings is 2. The SMILES string of the molecule is CNc1ccccc1-c1nc(CCc2ccccc2)c(C)n1C. The molecule has 0 aliphatic heterocycles. The lowest BCUT2D eigenvalue weighted by Gasteiger charge is -2.08. The summed E-state index contributed by atoms with van der Waals surface area (Å²) in [4.78, 5) is 4.93. The molecule has 0 amide bonds. The average Bonchev–Trinajstić information content (AvgIpc) is 2.89. The molecule has 118 valence electrons. The van der Waals surface area contributed by atoms with Crippen LogP contribution in [0.5, 0.6) is 0 Å². The van der Waals surface area contributed by atoms with Gasteiger partial charge in [0.25, 0.3) is 0 Å². The molecule has 3 aromatic rings. The molecule has 0 fully saturated rings. The van der Waals surface area contributed by atoms with Gasteiger partial charge in [0.15, 0.2) is 0 Å². The van der Waals surface area contributed by atoms with E-state index in [1.165, 1.54) is 17.0 Å². The van der Waals surface area contributed by atoms with E-state index in [2.05, 4.69) is 72.4 Å². The highest BCUT2D eigenvalue weighted by Crippen LogP contribution is 2.28. The number of para-hydroxylation sites is 1. The Bertz CT molecular complexity index is 788. The summed E-state index contributed by atoms with van der Waals surface area (Å²) < 4.78 is 2.19. The van der Waals surface area contributed by atoms with E-state index in [1.807, 2.05) is 13.1 Å². The van der Waals surface area contributed by atoms with E-state index in [0.717, 1.165) is 29.9 Å². The van der Waals surface area contributed by atoms with Crippen molar-refractivity contribution in [3.8, 4) is 11.4 Å². The fourth-order valence-electron chi connectivity index (χ4n) is 2.92. The van der Waals surface area contributed by atoms with E-state index in [1.54, 1.807) is 0 Å². The summed E-state index contributed by atoms with van der Waals surface area (Å²) in [6.45, 7) is 2.15. The van der Waals surface area contributed by atoms with Crippen LogP contribution in [0.4, 0.5) is 5.69 Å². The molecule has 0 spiro atoms. The Morgan fingerprint density at radius 3 is 2.39 bits per heavy atom. The lowest BCUT2D eigenvalue weighted by atomic mass is 10.1. The molecule has 1 heterocycles. The monoisotopic (exact) mass is 305 g/mol. The maximum atomic E-state index is 4.93. The minimum atomic E-state index is 0.964. The first kappa shape index (κ1) is 15.3. The molecule has 1 N–H and O–H groups in total. The van der Waals surface area contributed by atoms with Gasteiger partial charge in [-0.15, -0.1) is 0 Å². The highest BCUT2D eigenvalue weighted by molar-refractivity contribution is 5.74. The van der Waals surface area contributed by atoms with Crippen molar-refractivity contribution in [2.75, 3.05) is 12.4 Å². The molecule has 23 heavy (non-hydrogen) atoms. The maximum Gasteiger partial charge on any atom is 0.142 e. The molecular weight excluding hydrogens is 282 g/mol. The minimum Gasteiger partial charge on any atom is -0.388 e. The van der Waals surface area contributed by atoms with E-state index in [4.69, 9.17) is 4.98 Å². The van der Waals surface area contributed by atoms with Gasteiger partial charge in [-0.1, -0.05) is 42.5 Å². The largest absolute Gasteiger partial charge is 0.388 e. The van der Waals surface area contributed by atoms with Crippen LogP contribution in [0.2, 0.25) is 0 Å². The number of hydrogen-bond acceptors (Lipinski definition) is 2. The van der Waals surface area contributed by atoms with Crippen molar-refractivity contribution in [1.82, 2.24) is 9.55 Å². The zero-order valence-electron chi connectivity index (χ0n) is 14.0. The van der Waals surface area contributed by atoms with Crippen LogP contribution in [0.25, 0.3) is 11.4 Å². The van der Waals surface area contributed by atoms with Crippen molar-refractivity contribution in [2.24, 2.45) is 7.05 Å². The summed E-state index contributed by atoms with van der Waals surface area (Å²) in [6.07, 6.45) is 1.98. The molecule has 0 aliphatic rings. The summed E-state index contributed by atoms with van der Waals surface area (Å²) in [5, 5.41) is 3.25. The van der Waals surface area contributed by atoms with Gasteiger partial charge in [-0.2, -0.15) is 0 Å². The van der Waals surface area contributed by atoms with Crippen LogP contribution >= 0.6 is 0 Å². The zero-order chi connectivity index (χ0) is 16.2. The number of imidazole rings is 1. The van der Waals surface area contributed by atoms with Gasteiger partial charge in [0, 0.05) is 31.0 Å². The quantitative estimate of drug-likeness (QED) is 0.765. The number of nitrogens with zero attached hydrogens (tertiary/aromatic N) is 2. The topological polar surface area (TPSA) is 29.9 Å². The van der Waals surface area contributed by atoms with Gasteiger partial charge in [-0.25, -0.2) is 4.98 Å². The molecule has 2 aromatic carbocycles.